The number of thioether (sulfide) groups is 1. The summed E-state index contributed by atoms with van der Waals surface area (Å²) in [5.41, 5.74) is 0.138. The van der Waals surface area contributed by atoms with Gasteiger partial charge < -0.3 is 33.8 Å². The lowest BCUT2D eigenvalue weighted by molar-refractivity contribution is -0.876. The van der Waals surface area contributed by atoms with Crippen LogP contribution in [0.1, 0.15) is 143 Å². The highest BCUT2D eigenvalue weighted by Gasteiger charge is 2.26. The van der Waals surface area contributed by atoms with Gasteiger partial charge in [-0.2, -0.15) is 11.8 Å². The van der Waals surface area contributed by atoms with E-state index in [4.69, 9.17) is 0 Å². The first-order valence-corrected chi connectivity index (χ1v) is 16.5. The number of carbonyl (C=O) groups excluding carboxylic acids is 1. The molecule has 0 saturated heterocycles. The lowest BCUT2D eigenvalue weighted by Gasteiger charge is -2.34. The third kappa shape index (κ3) is 30.7. The van der Waals surface area contributed by atoms with Crippen molar-refractivity contribution in [2.75, 3.05) is 45.7 Å². The molecule has 218 valence electrons. The van der Waals surface area contributed by atoms with Gasteiger partial charge in [0.15, 0.2) is 0 Å². The Balaban J connectivity index is 0. The van der Waals surface area contributed by atoms with E-state index < -0.39 is 0 Å². The molecule has 0 saturated carbocycles. The monoisotopic (exact) mass is 640 g/mol. The van der Waals surface area contributed by atoms with Crippen molar-refractivity contribution in [2.45, 2.75) is 143 Å². The molecule has 1 amide bonds. The third-order valence-electron chi connectivity index (χ3n) is 6.75. The number of quaternary nitrogens is 1. The Bertz CT molecular complexity index is 480. The highest BCUT2D eigenvalue weighted by atomic mass is 127. The summed E-state index contributed by atoms with van der Waals surface area (Å²) in [5, 5.41) is 3.16. The van der Waals surface area contributed by atoms with Crippen LogP contribution in [0.5, 0.6) is 0 Å². The number of rotatable bonds is 26. The van der Waals surface area contributed by atoms with E-state index in [0.29, 0.717) is 6.42 Å². The van der Waals surface area contributed by atoms with Crippen LogP contribution in [-0.2, 0) is 4.79 Å². The molecule has 0 atom stereocenters. The van der Waals surface area contributed by atoms with E-state index in [1.54, 1.807) is 0 Å². The molecule has 0 unspecified atom stereocenters. The molecule has 0 aromatic heterocycles. The average molecular weight is 641 g/mol. The Morgan fingerprint density at radius 3 is 1.47 bits per heavy atom. The lowest BCUT2D eigenvalue weighted by atomic mass is 9.92. The molecule has 0 aliphatic carbocycles. The fourth-order valence-corrected chi connectivity index (χ4v) is 6.13. The minimum absolute atomic E-state index is 0. The van der Waals surface area contributed by atoms with Gasteiger partial charge >= 0.3 is 0 Å². The summed E-state index contributed by atoms with van der Waals surface area (Å²) in [5.74, 6) is 2.96. The van der Waals surface area contributed by atoms with Crippen molar-refractivity contribution in [3.63, 3.8) is 0 Å². The summed E-state index contributed by atoms with van der Waals surface area (Å²) in [6.45, 7) is 8.62. The van der Waals surface area contributed by atoms with Crippen LogP contribution in [0.25, 0.3) is 0 Å². The lowest BCUT2D eigenvalue weighted by Crippen LogP contribution is -3.00. The number of unbranched alkanes of at least 4 members (excludes halogenated alkanes) is 16. The van der Waals surface area contributed by atoms with E-state index in [2.05, 4.69) is 59.0 Å². The van der Waals surface area contributed by atoms with Gasteiger partial charge in [-0.25, -0.2) is 0 Å². The Hall–Kier alpha value is 0.510. The minimum atomic E-state index is 0. The highest BCUT2D eigenvalue weighted by Crippen LogP contribution is 2.18. The van der Waals surface area contributed by atoms with Gasteiger partial charge in [-0.05, 0) is 30.8 Å². The molecule has 0 aromatic carbocycles. The molecule has 0 heterocycles. The van der Waals surface area contributed by atoms with Gasteiger partial charge in [0.1, 0.15) is 0 Å². The predicted octanol–water partition coefficient (Wildman–Crippen LogP) is 6.00. The van der Waals surface area contributed by atoms with Gasteiger partial charge in [0, 0.05) is 18.4 Å². The van der Waals surface area contributed by atoms with Gasteiger partial charge in [-0.3, -0.25) is 4.79 Å². The van der Waals surface area contributed by atoms with Gasteiger partial charge in [0.2, 0.25) is 5.91 Å². The molecule has 1 N–H and O–H groups in total. The van der Waals surface area contributed by atoms with Crippen molar-refractivity contribution in [3.8, 4) is 0 Å². The SMILES string of the molecule is CCCCCCCCCCCCSCCCCCCCCCCC(=O)NCC(C)(C)C[N+](C)(C)C.[I-]. The maximum absolute atomic E-state index is 12.1. The number of hydrogen-bond acceptors (Lipinski definition) is 2. The van der Waals surface area contributed by atoms with Crippen LogP contribution in [0.4, 0.5) is 0 Å². The number of nitrogens with zero attached hydrogens (tertiary/aromatic N) is 1. The summed E-state index contributed by atoms with van der Waals surface area (Å²) in [7, 11) is 6.63. The smallest absolute Gasteiger partial charge is 0.220 e. The van der Waals surface area contributed by atoms with Gasteiger partial charge in [0.25, 0.3) is 0 Å². The van der Waals surface area contributed by atoms with Crippen LogP contribution < -0.4 is 29.3 Å². The molecule has 36 heavy (non-hydrogen) atoms. The molecule has 0 spiro atoms. The zero-order valence-corrected chi connectivity index (χ0v) is 28.4. The van der Waals surface area contributed by atoms with Crippen molar-refractivity contribution >= 4 is 17.7 Å². The average Bonchev–Trinajstić information content (AvgIpc) is 2.77. The molecule has 0 aliphatic rings. The van der Waals surface area contributed by atoms with Crippen molar-refractivity contribution in [1.29, 1.82) is 0 Å². The summed E-state index contributed by atoms with van der Waals surface area (Å²) in [6, 6.07) is 0. The largest absolute Gasteiger partial charge is 1.00 e. The van der Waals surface area contributed by atoms with Crippen LogP contribution in [-0.4, -0.2) is 56.1 Å². The van der Waals surface area contributed by atoms with Crippen LogP contribution >= 0.6 is 11.8 Å². The summed E-state index contributed by atoms with van der Waals surface area (Å²) in [6.07, 6.45) is 25.5. The quantitative estimate of drug-likeness (QED) is 0.0714. The van der Waals surface area contributed by atoms with Crippen molar-refractivity contribution in [1.82, 2.24) is 5.32 Å². The standard InChI is InChI=1S/C31H64N2OS.HI/c1-7-8-9-10-11-12-14-17-20-23-26-35-27-24-21-18-15-13-16-19-22-25-30(34)32-28-31(2,3)29-33(4,5)6;/h7-29H2,1-6H3;1H. The maximum Gasteiger partial charge on any atom is 0.220 e. The second-order valence-corrected chi connectivity index (χ2v) is 14.0. The summed E-state index contributed by atoms with van der Waals surface area (Å²) in [4.78, 5) is 12.1. The van der Waals surface area contributed by atoms with Gasteiger partial charge in [-0.1, -0.05) is 117 Å². The molecular weight excluding hydrogens is 575 g/mol. The van der Waals surface area contributed by atoms with Gasteiger partial charge in [0.05, 0.1) is 27.7 Å². The molecule has 3 nitrogen and oxygen atoms in total. The van der Waals surface area contributed by atoms with Crippen molar-refractivity contribution in [3.05, 3.63) is 0 Å². The van der Waals surface area contributed by atoms with Crippen LogP contribution in [0.15, 0.2) is 0 Å². The highest BCUT2D eigenvalue weighted by molar-refractivity contribution is 7.99. The molecule has 0 radical (unpaired) electrons. The Morgan fingerprint density at radius 2 is 1.06 bits per heavy atom. The van der Waals surface area contributed by atoms with Crippen LogP contribution in [0.2, 0.25) is 0 Å². The van der Waals surface area contributed by atoms with E-state index in [-0.39, 0.29) is 35.3 Å². The Morgan fingerprint density at radius 1 is 0.667 bits per heavy atom. The number of amides is 1. The maximum atomic E-state index is 12.1. The Labute approximate surface area is 249 Å². The molecule has 0 aliphatic heterocycles. The molecule has 0 aromatic rings. The fourth-order valence-electron chi connectivity index (χ4n) is 5.11. The van der Waals surface area contributed by atoms with E-state index >= 15 is 0 Å². The molecular formula is C31H65IN2OS. The summed E-state index contributed by atoms with van der Waals surface area (Å²) < 4.78 is 0.932. The zero-order valence-electron chi connectivity index (χ0n) is 25.4. The van der Waals surface area contributed by atoms with Crippen molar-refractivity contribution in [2.24, 2.45) is 5.41 Å². The normalized spacial score (nSPS) is 11.9. The van der Waals surface area contributed by atoms with E-state index in [0.717, 1.165) is 24.0 Å². The predicted molar refractivity (Wildman–Crippen MR) is 160 cm³/mol. The Kier molecular flexibility index (Phi) is 27.7. The van der Waals surface area contributed by atoms with Crippen LogP contribution in [0.3, 0.4) is 0 Å². The third-order valence-corrected chi connectivity index (χ3v) is 7.91. The van der Waals surface area contributed by atoms with Gasteiger partial charge in [-0.15, -0.1) is 0 Å². The molecule has 0 bridgehead atoms. The topological polar surface area (TPSA) is 29.1 Å². The van der Waals surface area contributed by atoms with E-state index in [9.17, 15) is 4.79 Å². The first-order valence-electron chi connectivity index (χ1n) is 15.3. The van der Waals surface area contributed by atoms with Crippen LogP contribution in [0, 0.1) is 5.41 Å². The van der Waals surface area contributed by atoms with E-state index in [1.807, 2.05) is 0 Å². The second-order valence-electron chi connectivity index (χ2n) is 12.8. The number of halogens is 1. The van der Waals surface area contributed by atoms with E-state index in [1.165, 1.54) is 121 Å². The minimum Gasteiger partial charge on any atom is -1.00 e. The number of carbonyl (C=O) groups is 1. The van der Waals surface area contributed by atoms with Crippen molar-refractivity contribution < 1.29 is 33.3 Å². The first kappa shape index (κ1) is 38.7. The fraction of sp³-hybridized carbons (Fsp3) is 0.968. The number of nitrogens with one attached hydrogen (secondary N) is 1. The molecule has 5 heteroatoms. The molecule has 0 fully saturated rings. The zero-order chi connectivity index (χ0) is 26.3. The second kappa shape index (κ2) is 25.8. The first-order chi connectivity index (χ1) is 16.7. The molecule has 0 rings (SSSR count). The summed E-state index contributed by atoms with van der Waals surface area (Å²) >= 11 is 2.18. The number of hydrogen-bond donors (Lipinski definition) is 1.